The van der Waals surface area contributed by atoms with Gasteiger partial charge in [0.2, 0.25) is 5.91 Å². The Balaban J connectivity index is 1.68. The minimum Gasteiger partial charge on any atom is -0.348 e. The van der Waals surface area contributed by atoms with Gasteiger partial charge in [-0.3, -0.25) is 4.79 Å². The van der Waals surface area contributed by atoms with E-state index in [9.17, 15) is 4.79 Å². The second-order valence-electron chi connectivity index (χ2n) is 5.58. The summed E-state index contributed by atoms with van der Waals surface area (Å²) in [5, 5.41) is 5.16. The van der Waals surface area contributed by atoms with Crippen molar-refractivity contribution in [1.82, 2.24) is 25.3 Å². The molecule has 3 rings (SSSR count). The number of nitrogens with one attached hydrogen (secondary N) is 2. The molecule has 8 heteroatoms. The number of aromatic nitrogens is 4. The number of anilines is 1. The molecule has 0 fully saturated rings. The third kappa shape index (κ3) is 3.53. The molecule has 0 aliphatic carbocycles. The van der Waals surface area contributed by atoms with Crippen LogP contribution in [0.2, 0.25) is 0 Å². The third-order valence-corrected chi connectivity index (χ3v) is 4.73. The number of rotatable bonds is 7. The van der Waals surface area contributed by atoms with Gasteiger partial charge in [0.05, 0.1) is 18.9 Å². The zero-order valence-electron chi connectivity index (χ0n) is 13.7. The van der Waals surface area contributed by atoms with Gasteiger partial charge in [-0.1, -0.05) is 19.4 Å². The molecule has 0 unspecified atom stereocenters. The lowest BCUT2D eigenvalue weighted by molar-refractivity contribution is -0.120. The van der Waals surface area contributed by atoms with Gasteiger partial charge in [-0.05, 0) is 17.9 Å². The largest absolute Gasteiger partial charge is 0.348 e. The van der Waals surface area contributed by atoms with Gasteiger partial charge in [-0.25, -0.2) is 15.0 Å². The predicted octanol–water partition coefficient (Wildman–Crippen LogP) is 2.51. The highest BCUT2D eigenvalue weighted by molar-refractivity contribution is 7.10. The summed E-state index contributed by atoms with van der Waals surface area (Å²) in [4.78, 5) is 30.9. The Kier molecular flexibility index (Phi) is 5.05. The molecule has 126 valence electrons. The van der Waals surface area contributed by atoms with Crippen molar-refractivity contribution in [2.45, 2.75) is 25.8 Å². The monoisotopic (exact) mass is 344 g/mol. The molecule has 3 heterocycles. The van der Waals surface area contributed by atoms with E-state index >= 15 is 0 Å². The van der Waals surface area contributed by atoms with Crippen LogP contribution in [-0.4, -0.2) is 39.4 Å². The Hall–Kier alpha value is -2.48. The van der Waals surface area contributed by atoms with E-state index in [2.05, 4.69) is 38.2 Å². The van der Waals surface area contributed by atoms with Gasteiger partial charge in [0.15, 0.2) is 11.5 Å². The van der Waals surface area contributed by atoms with Crippen molar-refractivity contribution >= 4 is 34.2 Å². The summed E-state index contributed by atoms with van der Waals surface area (Å²) in [6.07, 6.45) is 4.97. The summed E-state index contributed by atoms with van der Waals surface area (Å²) in [7, 11) is 1.84. The van der Waals surface area contributed by atoms with Crippen LogP contribution in [0, 0.1) is 0 Å². The Morgan fingerprint density at radius 1 is 1.42 bits per heavy atom. The SMILES string of the molecule is CCC[C@@H](NC(=O)CN(C)c1ncnc2nc[nH]c12)c1cccs1. The van der Waals surface area contributed by atoms with Crippen molar-refractivity contribution in [2.24, 2.45) is 0 Å². The second kappa shape index (κ2) is 7.39. The van der Waals surface area contributed by atoms with Crippen LogP contribution >= 0.6 is 11.3 Å². The number of H-pyrrole nitrogens is 1. The predicted molar refractivity (Wildman–Crippen MR) is 95.1 cm³/mol. The topological polar surface area (TPSA) is 86.8 Å². The number of hydrogen-bond acceptors (Lipinski definition) is 6. The van der Waals surface area contributed by atoms with E-state index in [4.69, 9.17) is 0 Å². The first kappa shape index (κ1) is 16.4. The van der Waals surface area contributed by atoms with Crippen molar-refractivity contribution in [3.8, 4) is 0 Å². The molecule has 0 aliphatic rings. The molecular formula is C16H20N6OS. The van der Waals surface area contributed by atoms with Crippen molar-refractivity contribution in [3.63, 3.8) is 0 Å². The zero-order chi connectivity index (χ0) is 16.9. The molecule has 1 atom stereocenters. The standard InChI is InChI=1S/C16H20N6OS/c1-3-5-11(12-6-4-7-24-12)21-13(23)8-22(2)16-14-15(18-9-17-14)19-10-20-16/h4,6-7,9-11H,3,5,8H2,1-2H3,(H,21,23)(H,17,18,19,20)/t11-/m1/s1. The number of likely N-dealkylation sites (N-methyl/N-ethyl adjacent to an activating group) is 1. The maximum absolute atomic E-state index is 12.5. The summed E-state index contributed by atoms with van der Waals surface area (Å²) in [6.45, 7) is 2.34. The Morgan fingerprint density at radius 2 is 2.29 bits per heavy atom. The summed E-state index contributed by atoms with van der Waals surface area (Å²) in [5.74, 6) is 0.631. The summed E-state index contributed by atoms with van der Waals surface area (Å²) >= 11 is 1.67. The van der Waals surface area contributed by atoms with Crippen LogP contribution in [0.25, 0.3) is 11.2 Å². The molecule has 7 nitrogen and oxygen atoms in total. The lowest BCUT2D eigenvalue weighted by atomic mass is 10.1. The number of thiophene rings is 1. The molecule has 24 heavy (non-hydrogen) atoms. The highest BCUT2D eigenvalue weighted by atomic mass is 32.1. The highest BCUT2D eigenvalue weighted by Gasteiger charge is 2.18. The van der Waals surface area contributed by atoms with Crippen molar-refractivity contribution in [1.29, 1.82) is 0 Å². The molecule has 3 aromatic heterocycles. The molecule has 0 radical (unpaired) electrons. The second-order valence-corrected chi connectivity index (χ2v) is 6.56. The third-order valence-electron chi connectivity index (χ3n) is 3.74. The lowest BCUT2D eigenvalue weighted by Crippen LogP contribution is -2.37. The molecule has 3 aromatic rings. The number of imidazole rings is 1. The minimum atomic E-state index is -0.0318. The Morgan fingerprint density at radius 3 is 3.04 bits per heavy atom. The van der Waals surface area contributed by atoms with Gasteiger partial charge in [-0.2, -0.15) is 0 Å². The van der Waals surface area contributed by atoms with Gasteiger partial charge < -0.3 is 15.2 Å². The quantitative estimate of drug-likeness (QED) is 0.688. The molecule has 0 spiro atoms. The molecule has 2 N–H and O–H groups in total. The van der Waals surface area contributed by atoms with Crippen LogP contribution in [0.4, 0.5) is 5.82 Å². The molecule has 0 saturated carbocycles. The molecule has 0 saturated heterocycles. The van der Waals surface area contributed by atoms with Crippen LogP contribution in [-0.2, 0) is 4.79 Å². The number of carbonyl (C=O) groups excluding carboxylic acids is 1. The number of aromatic amines is 1. The molecular weight excluding hydrogens is 324 g/mol. The summed E-state index contributed by atoms with van der Waals surface area (Å²) in [6, 6.07) is 4.14. The van der Waals surface area contributed by atoms with Gasteiger partial charge in [-0.15, -0.1) is 11.3 Å². The van der Waals surface area contributed by atoms with Crippen molar-refractivity contribution in [2.75, 3.05) is 18.5 Å². The average Bonchev–Trinajstić information content (AvgIpc) is 3.25. The van der Waals surface area contributed by atoms with E-state index in [0.29, 0.717) is 11.5 Å². The minimum absolute atomic E-state index is 0.0318. The van der Waals surface area contributed by atoms with Crippen LogP contribution in [0.15, 0.2) is 30.2 Å². The normalized spacial score (nSPS) is 12.2. The van der Waals surface area contributed by atoms with E-state index < -0.39 is 0 Å². The van der Waals surface area contributed by atoms with Crippen LogP contribution in [0.3, 0.4) is 0 Å². The number of carbonyl (C=O) groups is 1. The first-order chi connectivity index (χ1) is 11.7. The number of hydrogen-bond donors (Lipinski definition) is 2. The van der Waals surface area contributed by atoms with Crippen LogP contribution < -0.4 is 10.2 Å². The van der Waals surface area contributed by atoms with E-state index in [0.717, 1.165) is 18.4 Å². The lowest BCUT2D eigenvalue weighted by Gasteiger charge is -2.21. The Bertz CT molecular complexity index is 800. The van der Waals surface area contributed by atoms with E-state index in [1.807, 2.05) is 18.5 Å². The Labute approximate surface area is 144 Å². The van der Waals surface area contributed by atoms with Crippen molar-refractivity contribution < 1.29 is 4.79 Å². The number of nitrogens with zero attached hydrogens (tertiary/aromatic N) is 4. The van der Waals surface area contributed by atoms with Crippen LogP contribution in [0.1, 0.15) is 30.7 Å². The molecule has 0 aliphatic heterocycles. The van der Waals surface area contributed by atoms with Crippen molar-refractivity contribution in [3.05, 3.63) is 35.0 Å². The first-order valence-electron chi connectivity index (χ1n) is 7.87. The van der Waals surface area contributed by atoms with Gasteiger partial charge in [0.1, 0.15) is 11.8 Å². The first-order valence-corrected chi connectivity index (χ1v) is 8.75. The van der Waals surface area contributed by atoms with Gasteiger partial charge >= 0.3 is 0 Å². The average molecular weight is 344 g/mol. The molecule has 0 bridgehead atoms. The molecule has 1 amide bonds. The molecule has 0 aromatic carbocycles. The maximum Gasteiger partial charge on any atom is 0.240 e. The van der Waals surface area contributed by atoms with E-state index in [1.54, 1.807) is 22.6 Å². The fourth-order valence-electron chi connectivity index (χ4n) is 2.64. The van der Waals surface area contributed by atoms with Gasteiger partial charge in [0, 0.05) is 11.9 Å². The smallest absolute Gasteiger partial charge is 0.240 e. The van der Waals surface area contributed by atoms with Gasteiger partial charge in [0.25, 0.3) is 0 Å². The number of fused-ring (bicyclic) bond motifs is 1. The zero-order valence-corrected chi connectivity index (χ0v) is 14.5. The maximum atomic E-state index is 12.5. The summed E-state index contributed by atoms with van der Waals surface area (Å²) < 4.78 is 0. The van der Waals surface area contributed by atoms with E-state index in [1.165, 1.54) is 11.2 Å². The van der Waals surface area contributed by atoms with E-state index in [-0.39, 0.29) is 18.5 Å². The fourth-order valence-corrected chi connectivity index (χ4v) is 3.45. The highest BCUT2D eigenvalue weighted by Crippen LogP contribution is 2.23. The number of amides is 1. The fraction of sp³-hybridized carbons (Fsp3) is 0.375. The summed E-state index contributed by atoms with van der Waals surface area (Å²) in [5.41, 5.74) is 1.32. The van der Waals surface area contributed by atoms with Crippen LogP contribution in [0.5, 0.6) is 0 Å².